The van der Waals surface area contributed by atoms with Gasteiger partial charge in [-0.05, 0) is 24.6 Å². The zero-order valence-electron chi connectivity index (χ0n) is 12.6. The molecule has 8 heteroatoms. The van der Waals surface area contributed by atoms with Gasteiger partial charge in [0, 0.05) is 12.6 Å². The van der Waals surface area contributed by atoms with Crippen LogP contribution < -0.4 is 10.5 Å². The van der Waals surface area contributed by atoms with Crippen LogP contribution in [0.1, 0.15) is 36.5 Å². The van der Waals surface area contributed by atoms with Crippen molar-refractivity contribution in [3.8, 4) is 0 Å². The zero-order chi connectivity index (χ0) is 16.8. The first kappa shape index (κ1) is 18.9. The molecule has 0 radical (unpaired) electrons. The lowest BCUT2D eigenvalue weighted by Crippen LogP contribution is -2.40. The maximum absolute atomic E-state index is 12.3. The smallest absolute Gasteiger partial charge is 0.339 e. The number of rotatable bonds is 8. The Balaban J connectivity index is 2.98. The van der Waals surface area contributed by atoms with Crippen LogP contribution in [0.15, 0.2) is 23.1 Å². The molecule has 1 atom stereocenters. The third-order valence-corrected chi connectivity index (χ3v) is 5.00. The van der Waals surface area contributed by atoms with Gasteiger partial charge in [-0.15, -0.1) is 0 Å². The molecular weight excluding hydrogens is 328 g/mol. The van der Waals surface area contributed by atoms with Crippen molar-refractivity contribution in [2.75, 3.05) is 13.7 Å². The van der Waals surface area contributed by atoms with Gasteiger partial charge < -0.3 is 10.5 Å². The summed E-state index contributed by atoms with van der Waals surface area (Å²) in [7, 11) is -2.51. The fourth-order valence-corrected chi connectivity index (χ4v) is 3.53. The molecular formula is C14H21ClN2O4S. The van der Waals surface area contributed by atoms with E-state index in [1.807, 2.05) is 6.92 Å². The molecule has 1 aromatic carbocycles. The van der Waals surface area contributed by atoms with Gasteiger partial charge >= 0.3 is 5.97 Å². The van der Waals surface area contributed by atoms with E-state index < -0.39 is 16.0 Å². The third-order valence-electron chi connectivity index (χ3n) is 3.17. The minimum Gasteiger partial charge on any atom is -0.465 e. The van der Waals surface area contributed by atoms with Crippen molar-refractivity contribution in [2.24, 2.45) is 5.73 Å². The molecule has 1 aromatic rings. The number of hydrogen-bond donors (Lipinski definition) is 2. The molecule has 1 rings (SSSR count). The van der Waals surface area contributed by atoms with E-state index in [1.54, 1.807) is 0 Å². The van der Waals surface area contributed by atoms with Crippen LogP contribution in [-0.4, -0.2) is 34.1 Å². The van der Waals surface area contributed by atoms with Crippen molar-refractivity contribution in [1.82, 2.24) is 4.72 Å². The summed E-state index contributed by atoms with van der Waals surface area (Å²) < 4.78 is 31.8. The molecule has 124 valence electrons. The van der Waals surface area contributed by atoms with E-state index in [4.69, 9.17) is 17.3 Å². The Labute approximate surface area is 136 Å². The van der Waals surface area contributed by atoms with E-state index in [0.29, 0.717) is 6.42 Å². The van der Waals surface area contributed by atoms with Crippen LogP contribution in [0.5, 0.6) is 0 Å². The molecule has 0 spiro atoms. The van der Waals surface area contributed by atoms with Crippen LogP contribution in [0.3, 0.4) is 0 Å². The third kappa shape index (κ3) is 4.95. The summed E-state index contributed by atoms with van der Waals surface area (Å²) in [6, 6.07) is 3.54. The highest BCUT2D eigenvalue weighted by molar-refractivity contribution is 7.89. The number of hydrogen-bond acceptors (Lipinski definition) is 5. The predicted octanol–water partition coefficient (Wildman–Crippen LogP) is 1.92. The maximum atomic E-state index is 12.3. The second-order valence-corrected chi connectivity index (χ2v) is 6.95. The minimum atomic E-state index is -3.74. The molecule has 0 heterocycles. The van der Waals surface area contributed by atoms with E-state index >= 15 is 0 Å². The molecule has 3 N–H and O–H groups in total. The molecule has 0 aromatic heterocycles. The average Bonchev–Trinajstić information content (AvgIpc) is 2.50. The Bertz CT molecular complexity index is 619. The Kier molecular flexibility index (Phi) is 7.28. The fraction of sp³-hybridized carbons (Fsp3) is 0.500. The molecule has 0 unspecified atom stereocenters. The van der Waals surface area contributed by atoms with Crippen molar-refractivity contribution in [2.45, 2.75) is 37.1 Å². The van der Waals surface area contributed by atoms with Crippen LogP contribution in [0.4, 0.5) is 0 Å². The van der Waals surface area contributed by atoms with E-state index in [1.165, 1.54) is 25.3 Å². The van der Waals surface area contributed by atoms with Gasteiger partial charge in [0.05, 0.1) is 22.6 Å². The highest BCUT2D eigenvalue weighted by Crippen LogP contribution is 2.22. The molecule has 0 saturated heterocycles. The number of carbonyl (C=O) groups excluding carboxylic acids is 1. The Morgan fingerprint density at radius 2 is 2.14 bits per heavy atom. The Morgan fingerprint density at radius 1 is 1.45 bits per heavy atom. The van der Waals surface area contributed by atoms with Gasteiger partial charge in [0.25, 0.3) is 0 Å². The van der Waals surface area contributed by atoms with Gasteiger partial charge in [-0.3, -0.25) is 0 Å². The first-order valence-corrected chi connectivity index (χ1v) is 8.82. The van der Waals surface area contributed by atoms with Gasteiger partial charge in [0.15, 0.2) is 0 Å². The summed E-state index contributed by atoms with van der Waals surface area (Å²) in [6.07, 6.45) is 2.50. The summed E-state index contributed by atoms with van der Waals surface area (Å²) in [4.78, 5) is 11.4. The molecule has 0 aliphatic rings. The highest BCUT2D eigenvalue weighted by Gasteiger charge is 2.21. The summed E-state index contributed by atoms with van der Waals surface area (Å²) >= 11 is 5.95. The number of sulfonamides is 1. The number of methoxy groups -OCH3 is 1. The number of nitrogens with one attached hydrogen (secondary N) is 1. The molecule has 0 aliphatic carbocycles. The van der Waals surface area contributed by atoms with Gasteiger partial charge in [-0.2, -0.15) is 0 Å². The van der Waals surface area contributed by atoms with Gasteiger partial charge in [0.2, 0.25) is 10.0 Å². The Hall–Kier alpha value is -1.15. The SMILES string of the molecule is CCCC[C@@H](CN)NS(=O)(=O)c1ccc(C(=O)OC)c(Cl)c1. The van der Waals surface area contributed by atoms with Gasteiger partial charge in [-0.1, -0.05) is 31.4 Å². The van der Waals surface area contributed by atoms with E-state index in [-0.39, 0.29) is 28.1 Å². The number of unbranched alkanes of at least 4 members (excludes halogenated alkanes) is 1. The molecule has 6 nitrogen and oxygen atoms in total. The predicted molar refractivity (Wildman–Crippen MR) is 85.5 cm³/mol. The van der Waals surface area contributed by atoms with Crippen LogP contribution in [0, 0.1) is 0 Å². The van der Waals surface area contributed by atoms with Gasteiger partial charge in [0.1, 0.15) is 0 Å². The zero-order valence-corrected chi connectivity index (χ0v) is 14.2. The summed E-state index contributed by atoms with van der Waals surface area (Å²) in [5.41, 5.74) is 5.71. The van der Waals surface area contributed by atoms with Crippen molar-refractivity contribution in [1.29, 1.82) is 0 Å². The largest absolute Gasteiger partial charge is 0.465 e. The van der Waals surface area contributed by atoms with Crippen LogP contribution in [0.25, 0.3) is 0 Å². The number of benzene rings is 1. The second-order valence-electron chi connectivity index (χ2n) is 4.83. The quantitative estimate of drug-likeness (QED) is 0.699. The summed E-state index contributed by atoms with van der Waals surface area (Å²) in [6.45, 7) is 2.24. The topological polar surface area (TPSA) is 98.5 Å². The maximum Gasteiger partial charge on any atom is 0.339 e. The number of nitrogens with two attached hydrogens (primary N) is 1. The van der Waals surface area contributed by atoms with Crippen molar-refractivity contribution >= 4 is 27.6 Å². The molecule has 0 saturated carbocycles. The van der Waals surface area contributed by atoms with Crippen LogP contribution >= 0.6 is 11.6 Å². The number of carbonyl (C=O) groups is 1. The summed E-state index contributed by atoms with van der Waals surface area (Å²) in [5.74, 6) is -0.621. The van der Waals surface area contributed by atoms with Gasteiger partial charge in [-0.25, -0.2) is 17.9 Å². The van der Waals surface area contributed by atoms with Crippen molar-refractivity contribution in [3.63, 3.8) is 0 Å². The van der Waals surface area contributed by atoms with Crippen LogP contribution in [-0.2, 0) is 14.8 Å². The van der Waals surface area contributed by atoms with E-state index in [0.717, 1.165) is 12.8 Å². The highest BCUT2D eigenvalue weighted by atomic mass is 35.5. The number of esters is 1. The molecule has 0 fully saturated rings. The normalized spacial score (nSPS) is 12.9. The lowest BCUT2D eigenvalue weighted by Gasteiger charge is -2.17. The van der Waals surface area contributed by atoms with Crippen LogP contribution in [0.2, 0.25) is 5.02 Å². The Morgan fingerprint density at radius 3 is 2.64 bits per heavy atom. The average molecular weight is 349 g/mol. The van der Waals surface area contributed by atoms with E-state index in [9.17, 15) is 13.2 Å². The lowest BCUT2D eigenvalue weighted by molar-refractivity contribution is 0.0601. The van der Waals surface area contributed by atoms with E-state index in [2.05, 4.69) is 9.46 Å². The first-order valence-electron chi connectivity index (χ1n) is 6.96. The van der Waals surface area contributed by atoms with Crippen molar-refractivity contribution < 1.29 is 17.9 Å². The standard InChI is InChI=1S/C14H21ClN2O4S/c1-3-4-5-10(9-16)17-22(19,20)11-6-7-12(13(15)8-11)14(18)21-2/h6-8,10,17H,3-5,9,16H2,1-2H3/t10-/m0/s1. The molecule has 22 heavy (non-hydrogen) atoms. The minimum absolute atomic E-state index is 0.0138. The second kappa shape index (κ2) is 8.47. The molecule has 0 amide bonds. The molecule has 0 aliphatic heterocycles. The fourth-order valence-electron chi connectivity index (χ4n) is 1.90. The summed E-state index contributed by atoms with van der Waals surface area (Å²) in [5, 5.41) is 0.0209. The molecule has 0 bridgehead atoms. The first-order chi connectivity index (χ1) is 10.4. The monoisotopic (exact) mass is 348 g/mol. The number of ether oxygens (including phenoxy) is 1. The number of halogens is 1. The lowest BCUT2D eigenvalue weighted by atomic mass is 10.1. The van der Waals surface area contributed by atoms with Crippen molar-refractivity contribution in [3.05, 3.63) is 28.8 Å².